The maximum absolute atomic E-state index is 12.9. The lowest BCUT2D eigenvalue weighted by Gasteiger charge is -2.16. The number of rotatable bonds is 5. The third-order valence-corrected chi connectivity index (χ3v) is 5.33. The van der Waals surface area contributed by atoms with Gasteiger partial charge in [-0.2, -0.15) is 0 Å². The van der Waals surface area contributed by atoms with Gasteiger partial charge in [-0.3, -0.25) is 23.8 Å². The molecule has 0 radical (unpaired) electrons. The first-order valence-electron chi connectivity index (χ1n) is 9.23. The van der Waals surface area contributed by atoms with Crippen molar-refractivity contribution in [2.45, 2.75) is 33.2 Å². The zero-order valence-corrected chi connectivity index (χ0v) is 17.5. The maximum atomic E-state index is 12.9. The minimum Gasteiger partial charge on any atom is -0.494 e. The fraction of sp³-hybridized carbons (Fsp3) is 0.300. The van der Waals surface area contributed by atoms with Crippen LogP contribution in [0.5, 0.6) is 5.88 Å². The molecule has 3 aromatic rings. The normalized spacial score (nSPS) is 12.6. The minimum absolute atomic E-state index is 0.0483. The molecule has 0 fully saturated rings. The van der Waals surface area contributed by atoms with Crippen molar-refractivity contribution in [3.05, 3.63) is 67.1 Å². The highest BCUT2D eigenvalue weighted by atomic mass is 32.1. The number of benzene rings is 1. The van der Waals surface area contributed by atoms with Crippen LogP contribution >= 0.6 is 12.2 Å². The number of hydrogen-bond acceptors (Lipinski definition) is 5. The van der Waals surface area contributed by atoms with Crippen molar-refractivity contribution in [2.75, 3.05) is 0 Å². The van der Waals surface area contributed by atoms with Crippen LogP contribution in [-0.2, 0) is 7.05 Å². The molecule has 8 nitrogen and oxygen atoms in total. The molecule has 1 aromatic carbocycles. The van der Waals surface area contributed by atoms with Crippen LogP contribution in [0, 0.1) is 11.7 Å². The Balaban J connectivity index is 2.14. The van der Waals surface area contributed by atoms with Crippen LogP contribution in [0.2, 0.25) is 0 Å². The van der Waals surface area contributed by atoms with Crippen LogP contribution in [-0.4, -0.2) is 30.2 Å². The Hall–Kier alpha value is -3.20. The van der Waals surface area contributed by atoms with Crippen molar-refractivity contribution in [3.63, 3.8) is 0 Å². The van der Waals surface area contributed by atoms with Gasteiger partial charge in [0.1, 0.15) is 5.56 Å². The van der Waals surface area contributed by atoms with E-state index >= 15 is 0 Å². The van der Waals surface area contributed by atoms with Gasteiger partial charge in [-0.05, 0) is 44.6 Å². The van der Waals surface area contributed by atoms with Gasteiger partial charge in [-0.25, -0.2) is 9.67 Å². The number of para-hydroxylation sites is 1. The topological polar surface area (TPSA) is 97.3 Å². The summed E-state index contributed by atoms with van der Waals surface area (Å²) in [6.45, 7) is 5.60. The van der Waals surface area contributed by atoms with Crippen molar-refractivity contribution in [1.82, 2.24) is 18.9 Å². The number of aromatic amines is 1. The van der Waals surface area contributed by atoms with Crippen LogP contribution in [0.1, 0.15) is 37.6 Å². The van der Waals surface area contributed by atoms with E-state index < -0.39 is 5.56 Å². The Labute approximate surface area is 172 Å². The monoisotopic (exact) mass is 413 g/mol. The Morgan fingerprint density at radius 2 is 1.93 bits per heavy atom. The molecule has 0 saturated heterocycles. The number of nitrogens with one attached hydrogen (secondary N) is 1. The van der Waals surface area contributed by atoms with Crippen LogP contribution in [0.4, 0.5) is 5.69 Å². The smallest absolute Gasteiger partial charge is 0.297 e. The Kier molecular flexibility index (Phi) is 5.69. The lowest BCUT2D eigenvalue weighted by atomic mass is 10.2. The van der Waals surface area contributed by atoms with E-state index in [2.05, 4.69) is 9.98 Å². The molecule has 2 aromatic heterocycles. The summed E-state index contributed by atoms with van der Waals surface area (Å²) < 4.78 is 4.80. The summed E-state index contributed by atoms with van der Waals surface area (Å²) in [4.78, 5) is 32.1. The van der Waals surface area contributed by atoms with Gasteiger partial charge in [-0.1, -0.05) is 25.1 Å². The minimum atomic E-state index is -0.562. The van der Waals surface area contributed by atoms with Gasteiger partial charge in [0.2, 0.25) is 5.88 Å². The summed E-state index contributed by atoms with van der Waals surface area (Å²) in [7, 11) is 1.76. The fourth-order valence-corrected chi connectivity index (χ4v) is 3.45. The molecule has 152 valence electrons. The van der Waals surface area contributed by atoms with E-state index in [9.17, 15) is 14.7 Å². The average molecular weight is 414 g/mol. The number of aromatic nitrogens is 4. The van der Waals surface area contributed by atoms with Crippen molar-refractivity contribution < 1.29 is 5.11 Å². The Bertz CT molecular complexity index is 1250. The van der Waals surface area contributed by atoms with E-state index in [1.807, 2.05) is 44.2 Å². The predicted octanol–water partition coefficient (Wildman–Crippen LogP) is 3.13. The van der Waals surface area contributed by atoms with E-state index in [0.29, 0.717) is 17.8 Å². The molecular weight excluding hydrogens is 390 g/mol. The molecule has 0 aliphatic rings. The Morgan fingerprint density at radius 1 is 1.28 bits per heavy atom. The highest BCUT2D eigenvalue weighted by Crippen LogP contribution is 2.21. The summed E-state index contributed by atoms with van der Waals surface area (Å²) in [5.74, 6) is -0.270. The summed E-state index contributed by atoms with van der Waals surface area (Å²) >= 11 is 5.17. The molecule has 0 aliphatic heterocycles. The maximum Gasteiger partial charge on any atom is 0.297 e. The van der Waals surface area contributed by atoms with E-state index in [1.165, 1.54) is 15.5 Å². The second kappa shape index (κ2) is 8.04. The van der Waals surface area contributed by atoms with E-state index in [4.69, 9.17) is 12.2 Å². The molecule has 0 aliphatic carbocycles. The molecule has 0 spiro atoms. The predicted molar refractivity (Wildman–Crippen MR) is 116 cm³/mol. The van der Waals surface area contributed by atoms with Gasteiger partial charge in [0.25, 0.3) is 11.1 Å². The molecule has 1 atom stereocenters. The molecule has 29 heavy (non-hydrogen) atoms. The number of H-pyrrole nitrogens is 1. The van der Waals surface area contributed by atoms with E-state index in [1.54, 1.807) is 18.7 Å². The van der Waals surface area contributed by atoms with Gasteiger partial charge < -0.3 is 5.11 Å². The number of nitrogens with zero attached hydrogens (tertiary/aromatic N) is 4. The lowest BCUT2D eigenvalue weighted by molar-refractivity contribution is 0.371. The number of hydrogen-bond donors (Lipinski definition) is 2. The van der Waals surface area contributed by atoms with Crippen LogP contribution in [0.15, 0.2) is 44.9 Å². The van der Waals surface area contributed by atoms with Crippen LogP contribution in [0.25, 0.3) is 5.69 Å². The second-order valence-corrected chi connectivity index (χ2v) is 7.18. The number of aromatic hydroxyl groups is 1. The van der Waals surface area contributed by atoms with Gasteiger partial charge in [-0.15, -0.1) is 0 Å². The van der Waals surface area contributed by atoms with Crippen molar-refractivity contribution in [1.29, 1.82) is 0 Å². The van der Waals surface area contributed by atoms with Gasteiger partial charge >= 0.3 is 0 Å². The molecule has 0 amide bonds. The molecular formula is C20H23N5O3S. The summed E-state index contributed by atoms with van der Waals surface area (Å²) in [6, 6.07) is 9.09. The SMILES string of the molecule is CC[C@H](C)n1c(O)c(C=Nc2c(C)n(C)n(-c3ccccc3)c2=O)c(=O)[nH]c1=S. The second-order valence-electron chi connectivity index (χ2n) is 6.79. The summed E-state index contributed by atoms with van der Waals surface area (Å²) in [6.07, 6.45) is 1.92. The summed E-state index contributed by atoms with van der Waals surface area (Å²) in [5, 5.41) is 10.6. The molecule has 0 saturated carbocycles. The highest BCUT2D eigenvalue weighted by Gasteiger charge is 2.17. The molecule has 0 unspecified atom stereocenters. The highest BCUT2D eigenvalue weighted by molar-refractivity contribution is 7.71. The average Bonchev–Trinajstić information content (AvgIpc) is 2.90. The lowest BCUT2D eigenvalue weighted by Crippen LogP contribution is -2.20. The molecule has 2 heterocycles. The van der Waals surface area contributed by atoms with Crippen molar-refractivity contribution in [3.8, 4) is 11.6 Å². The molecule has 2 N–H and O–H groups in total. The zero-order chi connectivity index (χ0) is 21.3. The molecule has 3 rings (SSSR count). The van der Waals surface area contributed by atoms with E-state index in [-0.39, 0.29) is 33.5 Å². The first kappa shape index (κ1) is 20.5. The van der Waals surface area contributed by atoms with Crippen molar-refractivity contribution >= 4 is 24.1 Å². The fourth-order valence-electron chi connectivity index (χ4n) is 3.09. The van der Waals surface area contributed by atoms with Gasteiger partial charge in [0, 0.05) is 19.3 Å². The van der Waals surface area contributed by atoms with Crippen molar-refractivity contribution in [2.24, 2.45) is 12.0 Å². The number of aliphatic imine (C=N–C) groups is 1. The summed E-state index contributed by atoms with van der Waals surface area (Å²) in [5.41, 5.74) is 0.586. The quantitative estimate of drug-likeness (QED) is 0.496. The molecule has 0 bridgehead atoms. The zero-order valence-electron chi connectivity index (χ0n) is 16.7. The molecule has 9 heteroatoms. The third kappa shape index (κ3) is 3.61. The van der Waals surface area contributed by atoms with Crippen LogP contribution < -0.4 is 11.1 Å². The van der Waals surface area contributed by atoms with E-state index in [0.717, 1.165) is 0 Å². The van der Waals surface area contributed by atoms with Gasteiger partial charge in [0.15, 0.2) is 10.5 Å². The Morgan fingerprint density at radius 3 is 2.55 bits per heavy atom. The largest absolute Gasteiger partial charge is 0.494 e. The van der Waals surface area contributed by atoms with Gasteiger partial charge in [0.05, 0.1) is 11.4 Å². The first-order valence-corrected chi connectivity index (χ1v) is 9.64. The first-order chi connectivity index (χ1) is 13.8. The standard InChI is InChI=1S/C20H23N5O3S/c1-5-12(2)24-18(27)15(17(26)22-20(24)29)11-21-16-13(3)23(4)25(19(16)28)14-9-7-6-8-10-14/h6-12,27H,5H2,1-4H3,(H,22,26,29)/t12-/m0/s1. The van der Waals surface area contributed by atoms with Crippen LogP contribution in [0.3, 0.4) is 0 Å². The third-order valence-electron chi connectivity index (χ3n) is 5.03.